The average Bonchev–Trinajstić information content (AvgIpc) is 3.42. The van der Waals surface area contributed by atoms with Gasteiger partial charge in [0.15, 0.2) is 5.17 Å². The molecule has 3 aliphatic rings. The lowest BCUT2D eigenvalue weighted by molar-refractivity contribution is -0.113. The molecule has 166 valence electrons. The van der Waals surface area contributed by atoms with E-state index in [1.165, 1.54) is 22.9 Å². The predicted molar refractivity (Wildman–Crippen MR) is 127 cm³/mol. The number of anilines is 1. The number of nitrogens with one attached hydrogen (secondary N) is 3. The molecule has 1 saturated heterocycles. The van der Waals surface area contributed by atoms with Gasteiger partial charge in [-0.2, -0.15) is 5.10 Å². The summed E-state index contributed by atoms with van der Waals surface area (Å²) in [6.07, 6.45) is 5.06. The van der Waals surface area contributed by atoms with Crippen LogP contribution in [0.25, 0.3) is 0 Å². The predicted octanol–water partition coefficient (Wildman–Crippen LogP) is 2.98. The second kappa shape index (κ2) is 8.76. The molecule has 9 heteroatoms. The van der Waals surface area contributed by atoms with Gasteiger partial charge in [0.25, 0.3) is 0 Å². The molecule has 32 heavy (non-hydrogen) atoms. The largest absolute Gasteiger partial charge is 0.497 e. The fourth-order valence-corrected chi connectivity index (χ4v) is 4.97. The molecule has 3 atom stereocenters. The highest BCUT2D eigenvalue weighted by molar-refractivity contribution is 8.14. The molecule has 0 bridgehead atoms. The summed E-state index contributed by atoms with van der Waals surface area (Å²) in [7, 11) is 1.61. The minimum absolute atomic E-state index is 0.0342. The summed E-state index contributed by atoms with van der Waals surface area (Å²) < 4.78 is 5.20. The topological polar surface area (TPSA) is 81.2 Å². The number of methoxy groups -OCH3 is 1. The number of amidine groups is 1. The first kappa shape index (κ1) is 20.7. The molecule has 2 aromatic rings. The van der Waals surface area contributed by atoms with Crippen LogP contribution in [-0.2, 0) is 4.79 Å². The van der Waals surface area contributed by atoms with Crippen LogP contribution < -0.4 is 20.9 Å². The molecular weight excluding hydrogens is 424 g/mol. The van der Waals surface area contributed by atoms with Crippen molar-refractivity contribution in [1.82, 2.24) is 20.8 Å². The first-order valence-electron chi connectivity index (χ1n) is 10.6. The van der Waals surface area contributed by atoms with E-state index >= 15 is 0 Å². The van der Waals surface area contributed by atoms with E-state index in [4.69, 9.17) is 4.74 Å². The van der Waals surface area contributed by atoms with Gasteiger partial charge in [-0.3, -0.25) is 10.2 Å². The molecule has 3 aliphatic heterocycles. The second-order valence-electron chi connectivity index (χ2n) is 8.05. The number of nitrogens with zero attached hydrogens (tertiary/aromatic N) is 3. The van der Waals surface area contributed by atoms with Crippen LogP contribution in [0, 0.1) is 6.92 Å². The number of hydrazone groups is 1. The summed E-state index contributed by atoms with van der Waals surface area (Å²) in [5, 5.41) is 10.4. The zero-order valence-electron chi connectivity index (χ0n) is 18.0. The number of amides is 1. The molecule has 0 aromatic heterocycles. The van der Waals surface area contributed by atoms with Crippen LogP contribution in [0.15, 0.2) is 66.0 Å². The molecule has 1 fully saturated rings. The molecule has 3 unspecified atom stereocenters. The summed E-state index contributed by atoms with van der Waals surface area (Å²) in [4.78, 5) is 14.5. The van der Waals surface area contributed by atoms with E-state index in [2.05, 4.69) is 68.6 Å². The van der Waals surface area contributed by atoms with Gasteiger partial charge in [-0.25, -0.2) is 5.43 Å². The van der Waals surface area contributed by atoms with Crippen molar-refractivity contribution in [2.45, 2.75) is 31.6 Å². The smallest absolute Gasteiger partial charge is 0.234 e. The van der Waals surface area contributed by atoms with Crippen LogP contribution >= 0.6 is 11.8 Å². The van der Waals surface area contributed by atoms with E-state index in [0.717, 1.165) is 11.6 Å². The molecule has 0 saturated carbocycles. The molecule has 2 aromatic carbocycles. The van der Waals surface area contributed by atoms with Crippen molar-refractivity contribution in [3.63, 3.8) is 0 Å². The maximum Gasteiger partial charge on any atom is 0.234 e. The fourth-order valence-electron chi connectivity index (χ4n) is 4.19. The van der Waals surface area contributed by atoms with Crippen molar-refractivity contribution < 1.29 is 9.53 Å². The zero-order chi connectivity index (χ0) is 22.1. The van der Waals surface area contributed by atoms with Gasteiger partial charge in [0.05, 0.1) is 24.9 Å². The van der Waals surface area contributed by atoms with E-state index in [-0.39, 0.29) is 29.9 Å². The Morgan fingerprint density at radius 1 is 1.25 bits per heavy atom. The van der Waals surface area contributed by atoms with Crippen molar-refractivity contribution in [1.29, 1.82) is 0 Å². The number of aryl methyl sites for hydroxylation is 1. The third-order valence-electron chi connectivity index (χ3n) is 5.87. The maximum absolute atomic E-state index is 12.4. The van der Waals surface area contributed by atoms with Crippen LogP contribution in [0.5, 0.6) is 5.75 Å². The average molecular weight is 451 g/mol. The number of thioether (sulfide) groups is 1. The van der Waals surface area contributed by atoms with E-state index in [0.29, 0.717) is 11.4 Å². The zero-order valence-corrected chi connectivity index (χ0v) is 18.8. The van der Waals surface area contributed by atoms with Gasteiger partial charge in [-0.1, -0.05) is 47.7 Å². The minimum Gasteiger partial charge on any atom is -0.497 e. The van der Waals surface area contributed by atoms with Crippen molar-refractivity contribution >= 4 is 28.5 Å². The van der Waals surface area contributed by atoms with E-state index in [1.54, 1.807) is 13.2 Å². The first-order valence-corrected chi connectivity index (χ1v) is 11.6. The van der Waals surface area contributed by atoms with Crippen LogP contribution in [-0.4, -0.2) is 46.1 Å². The van der Waals surface area contributed by atoms with E-state index < -0.39 is 0 Å². The summed E-state index contributed by atoms with van der Waals surface area (Å²) in [6.45, 7) is 2.10. The molecule has 3 heterocycles. The SMILES string of the molecule is COc1cccc(NC(=O)CSC2=NNC3C4CC(c5ccc(C)cc5)NN4C=CN23)c1. The van der Waals surface area contributed by atoms with Crippen LogP contribution in [0.2, 0.25) is 0 Å². The third kappa shape index (κ3) is 4.13. The number of fused-ring (bicyclic) bond motifs is 3. The Bertz CT molecular complexity index is 1060. The third-order valence-corrected chi connectivity index (χ3v) is 6.84. The standard InChI is InChI=1S/C23H26N6O2S/c1-15-6-8-16(9-7-15)19-13-20-22-25-26-23(28(22)10-11-29(20)27-19)32-14-21(30)24-17-4-3-5-18(12-17)31-2/h3-12,19-20,22,25,27H,13-14H2,1-2H3,(H,24,30). The number of hydrogen-bond acceptors (Lipinski definition) is 8. The van der Waals surface area contributed by atoms with Crippen LogP contribution in [0.4, 0.5) is 5.69 Å². The summed E-state index contributed by atoms with van der Waals surface area (Å²) in [6, 6.07) is 16.5. The van der Waals surface area contributed by atoms with Crippen molar-refractivity contribution in [3.05, 3.63) is 72.1 Å². The van der Waals surface area contributed by atoms with Gasteiger partial charge in [0, 0.05) is 24.2 Å². The summed E-state index contributed by atoms with van der Waals surface area (Å²) in [5.41, 5.74) is 10.1. The van der Waals surface area contributed by atoms with Gasteiger partial charge in [0.2, 0.25) is 5.91 Å². The van der Waals surface area contributed by atoms with Gasteiger partial charge in [-0.15, -0.1) is 0 Å². The van der Waals surface area contributed by atoms with Crippen molar-refractivity contribution in [3.8, 4) is 5.75 Å². The molecule has 1 amide bonds. The molecule has 0 spiro atoms. The number of ether oxygens (including phenoxy) is 1. The Morgan fingerprint density at radius 2 is 2.09 bits per heavy atom. The number of rotatable bonds is 5. The minimum atomic E-state index is -0.0843. The maximum atomic E-state index is 12.4. The normalized spacial score (nSPS) is 23.3. The molecular formula is C23H26N6O2S. The fraction of sp³-hybridized carbons (Fsp3) is 0.304. The van der Waals surface area contributed by atoms with Crippen LogP contribution in [0.1, 0.15) is 23.6 Å². The lowest BCUT2D eigenvalue weighted by Gasteiger charge is -2.36. The van der Waals surface area contributed by atoms with Crippen molar-refractivity contribution in [2.24, 2.45) is 5.10 Å². The van der Waals surface area contributed by atoms with E-state index in [1.807, 2.05) is 24.4 Å². The summed E-state index contributed by atoms with van der Waals surface area (Å²) >= 11 is 1.42. The Hall–Kier alpha value is -3.17. The monoisotopic (exact) mass is 450 g/mol. The molecule has 0 radical (unpaired) electrons. The lowest BCUT2D eigenvalue weighted by atomic mass is 9.99. The molecule has 8 nitrogen and oxygen atoms in total. The van der Waals surface area contributed by atoms with Gasteiger partial charge in [0.1, 0.15) is 11.9 Å². The number of hydrogen-bond donors (Lipinski definition) is 3. The Kier molecular flexibility index (Phi) is 5.67. The van der Waals surface area contributed by atoms with E-state index in [9.17, 15) is 4.79 Å². The number of carbonyl (C=O) groups is 1. The molecule has 3 N–H and O–H groups in total. The van der Waals surface area contributed by atoms with Crippen molar-refractivity contribution in [2.75, 3.05) is 18.2 Å². The molecule has 5 rings (SSSR count). The summed E-state index contributed by atoms with van der Waals surface area (Å²) in [5.74, 6) is 0.895. The molecule has 0 aliphatic carbocycles. The highest BCUT2D eigenvalue weighted by atomic mass is 32.2. The first-order chi connectivity index (χ1) is 15.6. The van der Waals surface area contributed by atoms with Gasteiger partial charge >= 0.3 is 0 Å². The number of carbonyl (C=O) groups excluding carboxylic acids is 1. The highest BCUT2D eigenvalue weighted by Gasteiger charge is 2.44. The lowest BCUT2D eigenvalue weighted by Crippen LogP contribution is -2.54. The quantitative estimate of drug-likeness (QED) is 0.646. The van der Waals surface area contributed by atoms with Gasteiger partial charge in [-0.05, 0) is 31.0 Å². The Morgan fingerprint density at radius 3 is 2.91 bits per heavy atom. The number of hydrazine groups is 1. The number of benzene rings is 2. The van der Waals surface area contributed by atoms with Gasteiger partial charge < -0.3 is 20.0 Å². The second-order valence-corrected chi connectivity index (χ2v) is 8.99. The highest BCUT2D eigenvalue weighted by Crippen LogP contribution is 2.35. The Balaban J connectivity index is 1.17. The Labute approximate surface area is 191 Å². The van der Waals surface area contributed by atoms with Crippen LogP contribution in [0.3, 0.4) is 0 Å².